The fraction of sp³-hybridized carbons (Fsp3) is 0.571. The van der Waals surface area contributed by atoms with Gasteiger partial charge in [-0.15, -0.1) is 0 Å². The van der Waals surface area contributed by atoms with E-state index in [0.717, 1.165) is 16.2 Å². The maximum Gasteiger partial charge on any atom is 0.172 e. The molecule has 1 aromatic rings. The quantitative estimate of drug-likeness (QED) is 0.811. The van der Waals surface area contributed by atoms with Gasteiger partial charge in [0.2, 0.25) is 0 Å². The Balaban J connectivity index is 1.81. The number of rotatable bonds is 3. The Morgan fingerprint density at radius 3 is 2.74 bits per heavy atom. The summed E-state index contributed by atoms with van der Waals surface area (Å²) in [5.41, 5.74) is 0. The number of hydrogen-bond acceptors (Lipinski definition) is 2. The zero-order chi connectivity index (χ0) is 13.7. The summed E-state index contributed by atoms with van der Waals surface area (Å²) in [5.74, 6) is 1.52. The molecule has 2 rings (SSSR count). The summed E-state index contributed by atoms with van der Waals surface area (Å²) in [7, 11) is 0. The zero-order valence-corrected chi connectivity index (χ0v) is 13.6. The van der Waals surface area contributed by atoms with E-state index in [9.17, 15) is 0 Å². The van der Waals surface area contributed by atoms with Crippen molar-refractivity contribution in [3.05, 3.63) is 22.8 Å². The van der Waals surface area contributed by atoms with Crippen LogP contribution in [-0.2, 0) is 0 Å². The van der Waals surface area contributed by atoms with Crippen molar-refractivity contribution in [3.63, 3.8) is 0 Å². The summed E-state index contributed by atoms with van der Waals surface area (Å²) < 4.78 is 0.965. The second-order valence-corrected chi connectivity index (χ2v) is 6.47. The van der Waals surface area contributed by atoms with E-state index in [4.69, 9.17) is 12.2 Å². The maximum atomic E-state index is 5.34. The number of anilines is 1. The Bertz CT molecular complexity index is 415. The van der Waals surface area contributed by atoms with Crippen molar-refractivity contribution in [1.29, 1.82) is 0 Å². The van der Waals surface area contributed by atoms with Crippen LogP contribution >= 0.6 is 28.1 Å². The lowest BCUT2D eigenvalue weighted by Crippen LogP contribution is -2.41. The third-order valence-corrected chi connectivity index (χ3v) is 4.37. The molecule has 0 bridgehead atoms. The number of aromatic nitrogens is 1. The summed E-state index contributed by atoms with van der Waals surface area (Å²) in [4.78, 5) is 4.25. The number of hydrogen-bond donors (Lipinski definition) is 2. The van der Waals surface area contributed by atoms with Crippen LogP contribution in [0, 0.1) is 5.92 Å². The monoisotopic (exact) mass is 341 g/mol. The fourth-order valence-corrected chi connectivity index (χ4v) is 3.09. The Kier molecular flexibility index (Phi) is 5.58. The standard InChI is InChI=1S/C14H20BrN3S/c1-10(11-5-3-2-4-6-11)17-14(19)18-13-8-7-12(15)9-16-13/h7-11H,2-6H2,1H3,(H2,16,17,18,19)/t10-/m1/s1. The van der Waals surface area contributed by atoms with E-state index in [-0.39, 0.29) is 0 Å². The van der Waals surface area contributed by atoms with Crippen molar-refractivity contribution in [2.45, 2.75) is 45.1 Å². The lowest BCUT2D eigenvalue weighted by molar-refractivity contribution is 0.302. The van der Waals surface area contributed by atoms with E-state index >= 15 is 0 Å². The zero-order valence-electron chi connectivity index (χ0n) is 11.2. The van der Waals surface area contributed by atoms with Crippen molar-refractivity contribution < 1.29 is 0 Å². The van der Waals surface area contributed by atoms with Crippen LogP contribution in [0.1, 0.15) is 39.0 Å². The molecule has 0 aromatic carbocycles. The highest BCUT2D eigenvalue weighted by atomic mass is 79.9. The molecule has 0 amide bonds. The van der Waals surface area contributed by atoms with Crippen LogP contribution in [-0.4, -0.2) is 16.1 Å². The van der Waals surface area contributed by atoms with Crippen molar-refractivity contribution in [2.24, 2.45) is 5.92 Å². The summed E-state index contributed by atoms with van der Waals surface area (Å²) in [6.07, 6.45) is 8.47. The third kappa shape index (κ3) is 4.73. The molecule has 1 atom stereocenters. The first-order chi connectivity index (χ1) is 9.15. The van der Waals surface area contributed by atoms with Crippen molar-refractivity contribution in [2.75, 3.05) is 5.32 Å². The molecule has 2 N–H and O–H groups in total. The summed E-state index contributed by atoms with van der Waals surface area (Å²) in [5, 5.41) is 7.17. The van der Waals surface area contributed by atoms with E-state index in [1.54, 1.807) is 6.20 Å². The summed E-state index contributed by atoms with van der Waals surface area (Å²) in [6, 6.07) is 4.28. The van der Waals surface area contributed by atoms with Crippen LogP contribution in [0.25, 0.3) is 0 Å². The molecule has 0 saturated heterocycles. The predicted molar refractivity (Wildman–Crippen MR) is 87.3 cm³/mol. The molecule has 1 fully saturated rings. The molecule has 0 aliphatic heterocycles. The Hall–Kier alpha value is -0.680. The molecule has 104 valence electrons. The molecular weight excluding hydrogens is 322 g/mol. The van der Waals surface area contributed by atoms with Crippen LogP contribution in [0.5, 0.6) is 0 Å². The number of pyridine rings is 1. The smallest absolute Gasteiger partial charge is 0.172 e. The third-order valence-electron chi connectivity index (χ3n) is 3.68. The van der Waals surface area contributed by atoms with Crippen molar-refractivity contribution in [3.8, 4) is 0 Å². The molecule has 1 heterocycles. The van der Waals surface area contributed by atoms with Gasteiger partial charge in [0.15, 0.2) is 5.11 Å². The first-order valence-corrected chi connectivity index (χ1v) is 8.04. The molecule has 3 nitrogen and oxygen atoms in total. The molecule has 19 heavy (non-hydrogen) atoms. The highest BCUT2D eigenvalue weighted by Crippen LogP contribution is 2.26. The van der Waals surface area contributed by atoms with Gasteiger partial charge < -0.3 is 10.6 Å². The molecule has 0 unspecified atom stereocenters. The van der Waals surface area contributed by atoms with Gasteiger partial charge in [-0.05, 0) is 66.0 Å². The minimum Gasteiger partial charge on any atom is -0.360 e. The van der Waals surface area contributed by atoms with Gasteiger partial charge in [0.1, 0.15) is 5.82 Å². The van der Waals surface area contributed by atoms with Crippen LogP contribution in [0.2, 0.25) is 0 Å². The van der Waals surface area contributed by atoms with Crippen molar-refractivity contribution >= 4 is 39.1 Å². The van der Waals surface area contributed by atoms with E-state index in [1.807, 2.05) is 12.1 Å². The van der Waals surface area contributed by atoms with Crippen LogP contribution < -0.4 is 10.6 Å². The molecular formula is C14H20BrN3S. The minimum atomic E-state index is 0.427. The fourth-order valence-electron chi connectivity index (χ4n) is 2.56. The lowest BCUT2D eigenvalue weighted by Gasteiger charge is -2.29. The number of nitrogens with one attached hydrogen (secondary N) is 2. The molecule has 1 aliphatic carbocycles. The average Bonchev–Trinajstić information content (AvgIpc) is 2.42. The van der Waals surface area contributed by atoms with Gasteiger partial charge in [-0.1, -0.05) is 19.3 Å². The van der Waals surface area contributed by atoms with Gasteiger partial charge >= 0.3 is 0 Å². The van der Waals surface area contributed by atoms with Crippen LogP contribution in [0.15, 0.2) is 22.8 Å². The van der Waals surface area contributed by atoms with E-state index < -0.39 is 0 Å². The van der Waals surface area contributed by atoms with Gasteiger partial charge in [-0.3, -0.25) is 0 Å². The van der Waals surface area contributed by atoms with Gasteiger partial charge in [0.05, 0.1) is 0 Å². The number of nitrogens with zero attached hydrogens (tertiary/aromatic N) is 1. The number of halogens is 1. The second-order valence-electron chi connectivity index (χ2n) is 5.15. The second kappa shape index (κ2) is 7.20. The molecule has 0 spiro atoms. The lowest BCUT2D eigenvalue weighted by atomic mass is 9.85. The molecule has 0 radical (unpaired) electrons. The molecule has 5 heteroatoms. The Labute approximate surface area is 128 Å². The normalized spacial score (nSPS) is 17.8. The topological polar surface area (TPSA) is 37.0 Å². The van der Waals surface area contributed by atoms with Gasteiger partial charge in [-0.25, -0.2) is 4.98 Å². The number of thiocarbonyl (C=S) groups is 1. The largest absolute Gasteiger partial charge is 0.360 e. The van der Waals surface area contributed by atoms with Gasteiger partial charge in [0.25, 0.3) is 0 Å². The average molecular weight is 342 g/mol. The first kappa shape index (κ1) is 14.7. The van der Waals surface area contributed by atoms with Crippen LogP contribution in [0.3, 0.4) is 0 Å². The molecule has 1 aromatic heterocycles. The van der Waals surface area contributed by atoms with E-state index in [2.05, 4.69) is 38.5 Å². The summed E-state index contributed by atoms with van der Waals surface area (Å²) in [6.45, 7) is 2.22. The summed E-state index contributed by atoms with van der Waals surface area (Å²) >= 11 is 8.71. The van der Waals surface area contributed by atoms with Gasteiger partial charge in [-0.2, -0.15) is 0 Å². The van der Waals surface area contributed by atoms with E-state index in [0.29, 0.717) is 11.2 Å². The molecule has 1 saturated carbocycles. The SMILES string of the molecule is C[C@@H](NC(=S)Nc1ccc(Br)cn1)C1CCCCC1. The minimum absolute atomic E-state index is 0.427. The Morgan fingerprint density at radius 1 is 1.37 bits per heavy atom. The Morgan fingerprint density at radius 2 is 2.11 bits per heavy atom. The van der Waals surface area contributed by atoms with E-state index in [1.165, 1.54) is 32.1 Å². The highest BCUT2D eigenvalue weighted by Gasteiger charge is 2.20. The van der Waals surface area contributed by atoms with Crippen LogP contribution in [0.4, 0.5) is 5.82 Å². The maximum absolute atomic E-state index is 5.34. The predicted octanol–water partition coefficient (Wildman–Crippen LogP) is 4.10. The van der Waals surface area contributed by atoms with Gasteiger partial charge in [0, 0.05) is 16.7 Å². The molecule has 1 aliphatic rings. The highest BCUT2D eigenvalue weighted by molar-refractivity contribution is 9.10. The first-order valence-electron chi connectivity index (χ1n) is 6.84. The van der Waals surface area contributed by atoms with Crippen molar-refractivity contribution in [1.82, 2.24) is 10.3 Å².